The molecule has 22 heavy (non-hydrogen) atoms. The van der Waals surface area contributed by atoms with E-state index < -0.39 is 0 Å². The largest absolute Gasteiger partial charge is 0.381 e. The number of aromatic nitrogens is 2. The van der Waals surface area contributed by atoms with Crippen LogP contribution in [-0.4, -0.2) is 59.4 Å². The van der Waals surface area contributed by atoms with Gasteiger partial charge in [-0.3, -0.25) is 9.89 Å². The van der Waals surface area contributed by atoms with Gasteiger partial charge in [-0.1, -0.05) is 0 Å². The van der Waals surface area contributed by atoms with E-state index in [-0.39, 0.29) is 17.9 Å². The predicted molar refractivity (Wildman–Crippen MR) is 84.0 cm³/mol. The zero-order chi connectivity index (χ0) is 15.5. The average Bonchev–Trinajstić information content (AvgIpc) is 3.18. The molecule has 0 radical (unpaired) electrons. The van der Waals surface area contributed by atoms with Crippen LogP contribution in [0.1, 0.15) is 55.1 Å². The van der Waals surface area contributed by atoms with Crippen LogP contribution in [0.5, 0.6) is 0 Å². The van der Waals surface area contributed by atoms with E-state index in [1.54, 1.807) is 6.20 Å². The van der Waals surface area contributed by atoms with Gasteiger partial charge in [-0.05, 0) is 33.1 Å². The summed E-state index contributed by atoms with van der Waals surface area (Å²) < 4.78 is 5.41. The second-order valence-electron chi connectivity index (χ2n) is 6.64. The maximum Gasteiger partial charge on any atom is 0.254 e. The number of piperidine rings is 1. The molecule has 2 fully saturated rings. The Morgan fingerprint density at radius 1 is 1.41 bits per heavy atom. The van der Waals surface area contributed by atoms with Gasteiger partial charge in [0.05, 0.1) is 24.1 Å². The van der Waals surface area contributed by atoms with Crippen molar-refractivity contribution < 1.29 is 9.53 Å². The van der Waals surface area contributed by atoms with Gasteiger partial charge in [-0.15, -0.1) is 0 Å². The molecule has 2 saturated heterocycles. The molecule has 1 atom stereocenters. The van der Waals surface area contributed by atoms with Crippen molar-refractivity contribution in [1.29, 1.82) is 0 Å². The van der Waals surface area contributed by atoms with Gasteiger partial charge in [0.15, 0.2) is 0 Å². The maximum absolute atomic E-state index is 12.5. The zero-order valence-electron chi connectivity index (χ0n) is 13.5. The fraction of sp³-hybridized carbons (Fsp3) is 0.750. The van der Waals surface area contributed by atoms with Crippen molar-refractivity contribution in [2.75, 3.05) is 26.3 Å². The van der Waals surface area contributed by atoms with Crippen molar-refractivity contribution in [3.8, 4) is 0 Å². The van der Waals surface area contributed by atoms with Crippen LogP contribution in [0.4, 0.5) is 0 Å². The Balaban J connectivity index is 1.58. The van der Waals surface area contributed by atoms with E-state index in [1.165, 1.54) is 0 Å². The first-order chi connectivity index (χ1) is 10.6. The van der Waals surface area contributed by atoms with E-state index in [0.717, 1.165) is 44.7 Å². The molecule has 2 aliphatic heterocycles. The summed E-state index contributed by atoms with van der Waals surface area (Å²) in [6, 6.07) is 0.851. The molecule has 1 amide bonds. The van der Waals surface area contributed by atoms with Gasteiger partial charge in [0.2, 0.25) is 0 Å². The number of H-pyrrole nitrogens is 1. The monoisotopic (exact) mass is 306 g/mol. The summed E-state index contributed by atoms with van der Waals surface area (Å²) in [5, 5.41) is 10.2. The summed E-state index contributed by atoms with van der Waals surface area (Å²) in [6.45, 7) is 7.99. The van der Waals surface area contributed by atoms with E-state index in [0.29, 0.717) is 18.2 Å². The van der Waals surface area contributed by atoms with E-state index in [1.807, 2.05) is 0 Å². The van der Waals surface area contributed by atoms with Gasteiger partial charge in [0, 0.05) is 37.7 Å². The third-order valence-electron chi connectivity index (χ3n) is 4.85. The molecule has 0 unspecified atom stereocenters. The molecule has 2 aliphatic rings. The van der Waals surface area contributed by atoms with E-state index >= 15 is 0 Å². The van der Waals surface area contributed by atoms with Gasteiger partial charge in [0.25, 0.3) is 5.91 Å². The Bertz CT molecular complexity index is 500. The number of likely N-dealkylation sites (tertiary alicyclic amines) is 1. The lowest BCUT2D eigenvalue weighted by Gasteiger charge is -2.34. The molecule has 3 rings (SSSR count). The van der Waals surface area contributed by atoms with Crippen LogP contribution in [0, 0.1) is 0 Å². The van der Waals surface area contributed by atoms with E-state index in [4.69, 9.17) is 4.74 Å². The van der Waals surface area contributed by atoms with Crippen LogP contribution in [0.25, 0.3) is 0 Å². The molecular formula is C16H26N4O2. The highest BCUT2D eigenvalue weighted by atomic mass is 16.5. The SMILES string of the molecule is CC(C)N1CCC(NC(=O)c2cn[nH]c2[C@@H]2CCOC2)CC1. The van der Waals surface area contributed by atoms with E-state index in [2.05, 4.69) is 34.3 Å². The lowest BCUT2D eigenvalue weighted by Crippen LogP contribution is -2.46. The van der Waals surface area contributed by atoms with Crippen LogP contribution in [0.3, 0.4) is 0 Å². The van der Waals surface area contributed by atoms with Gasteiger partial charge < -0.3 is 15.0 Å². The summed E-state index contributed by atoms with van der Waals surface area (Å²) in [5.41, 5.74) is 1.61. The van der Waals surface area contributed by atoms with Crippen LogP contribution in [0.15, 0.2) is 6.20 Å². The lowest BCUT2D eigenvalue weighted by atomic mass is 9.99. The summed E-state index contributed by atoms with van der Waals surface area (Å²) in [4.78, 5) is 15.0. The number of hydrogen-bond acceptors (Lipinski definition) is 4. The molecule has 1 aromatic rings. The Labute approximate surface area is 131 Å². The molecule has 0 aromatic carbocycles. The first kappa shape index (κ1) is 15.5. The van der Waals surface area contributed by atoms with Crippen LogP contribution in [0.2, 0.25) is 0 Å². The number of nitrogens with zero attached hydrogens (tertiary/aromatic N) is 2. The standard InChI is InChI=1S/C16H26N4O2/c1-11(2)20-6-3-13(4-7-20)18-16(21)14-9-17-19-15(14)12-5-8-22-10-12/h9,11-13H,3-8,10H2,1-2H3,(H,17,19)(H,18,21)/t12-/m1/s1. The van der Waals surface area contributed by atoms with Crippen LogP contribution < -0.4 is 5.32 Å². The third kappa shape index (κ3) is 3.33. The number of nitrogens with one attached hydrogen (secondary N) is 2. The van der Waals surface area contributed by atoms with Gasteiger partial charge in [-0.2, -0.15) is 5.10 Å². The quantitative estimate of drug-likeness (QED) is 0.885. The molecule has 0 bridgehead atoms. The number of amides is 1. The maximum atomic E-state index is 12.5. The average molecular weight is 306 g/mol. The van der Waals surface area contributed by atoms with Crippen molar-refractivity contribution in [1.82, 2.24) is 20.4 Å². The van der Waals surface area contributed by atoms with E-state index in [9.17, 15) is 4.79 Å². The summed E-state index contributed by atoms with van der Waals surface area (Å²) in [7, 11) is 0. The third-order valence-corrected chi connectivity index (χ3v) is 4.85. The molecule has 6 heteroatoms. The summed E-state index contributed by atoms with van der Waals surface area (Å²) in [6.07, 6.45) is 4.63. The fourth-order valence-corrected chi connectivity index (χ4v) is 3.37. The molecule has 0 saturated carbocycles. The first-order valence-corrected chi connectivity index (χ1v) is 8.31. The summed E-state index contributed by atoms with van der Waals surface area (Å²) in [5.74, 6) is 0.268. The Hall–Kier alpha value is -1.40. The molecular weight excluding hydrogens is 280 g/mol. The van der Waals surface area contributed by atoms with Crippen LogP contribution in [-0.2, 0) is 4.74 Å². The van der Waals surface area contributed by atoms with Crippen molar-refractivity contribution >= 4 is 5.91 Å². The van der Waals surface area contributed by atoms with Crippen molar-refractivity contribution in [3.05, 3.63) is 17.5 Å². The minimum absolute atomic E-state index is 0.00125. The van der Waals surface area contributed by atoms with Crippen molar-refractivity contribution in [2.45, 2.75) is 51.1 Å². The second kappa shape index (κ2) is 6.79. The fourth-order valence-electron chi connectivity index (χ4n) is 3.37. The highest BCUT2D eigenvalue weighted by Gasteiger charge is 2.27. The van der Waals surface area contributed by atoms with Gasteiger partial charge in [-0.25, -0.2) is 0 Å². The first-order valence-electron chi connectivity index (χ1n) is 8.31. The van der Waals surface area contributed by atoms with Gasteiger partial charge in [0.1, 0.15) is 0 Å². The Morgan fingerprint density at radius 3 is 2.82 bits per heavy atom. The smallest absolute Gasteiger partial charge is 0.254 e. The highest BCUT2D eigenvalue weighted by Crippen LogP contribution is 2.26. The molecule has 0 aliphatic carbocycles. The second-order valence-corrected chi connectivity index (χ2v) is 6.64. The zero-order valence-corrected chi connectivity index (χ0v) is 13.5. The molecule has 2 N–H and O–H groups in total. The normalized spacial score (nSPS) is 24.0. The topological polar surface area (TPSA) is 70.2 Å². The Morgan fingerprint density at radius 2 is 2.18 bits per heavy atom. The van der Waals surface area contributed by atoms with Crippen molar-refractivity contribution in [2.24, 2.45) is 0 Å². The number of hydrogen-bond donors (Lipinski definition) is 2. The number of aromatic amines is 1. The van der Waals surface area contributed by atoms with Crippen molar-refractivity contribution in [3.63, 3.8) is 0 Å². The molecule has 1 aromatic heterocycles. The summed E-state index contributed by atoms with van der Waals surface area (Å²) >= 11 is 0. The van der Waals surface area contributed by atoms with Crippen LogP contribution >= 0.6 is 0 Å². The number of ether oxygens (including phenoxy) is 1. The molecule has 6 nitrogen and oxygen atoms in total. The van der Waals surface area contributed by atoms with Gasteiger partial charge >= 0.3 is 0 Å². The highest BCUT2D eigenvalue weighted by molar-refractivity contribution is 5.95. The minimum Gasteiger partial charge on any atom is -0.381 e. The molecule has 122 valence electrons. The molecule has 3 heterocycles. The Kier molecular flexibility index (Phi) is 4.78. The lowest BCUT2D eigenvalue weighted by molar-refractivity contribution is 0.0899. The molecule has 0 spiro atoms. The minimum atomic E-state index is -0.00125. The number of carbonyl (C=O) groups is 1. The number of rotatable bonds is 4. The number of carbonyl (C=O) groups excluding carboxylic acids is 1. The predicted octanol–water partition coefficient (Wildman–Crippen LogP) is 1.52.